The first-order valence-corrected chi connectivity index (χ1v) is 6.39. The molecule has 0 atom stereocenters. The Labute approximate surface area is 126 Å². The van der Waals surface area contributed by atoms with Crippen LogP contribution >= 0.6 is 12.4 Å². The van der Waals surface area contributed by atoms with Crippen LogP contribution in [0.1, 0.15) is 12.0 Å². The van der Waals surface area contributed by atoms with Crippen LogP contribution in [0.2, 0.25) is 0 Å². The first-order valence-electron chi connectivity index (χ1n) is 6.39. The molecular weight excluding hydrogens is 280 g/mol. The first-order chi connectivity index (χ1) is 9.27. The molecule has 0 aliphatic rings. The summed E-state index contributed by atoms with van der Waals surface area (Å²) in [4.78, 5) is 11.5. The van der Waals surface area contributed by atoms with Gasteiger partial charge < -0.3 is 20.1 Å². The number of carbonyl (C=O) groups is 1. The molecule has 0 saturated heterocycles. The highest BCUT2D eigenvalue weighted by atomic mass is 35.5. The van der Waals surface area contributed by atoms with Gasteiger partial charge in [-0.05, 0) is 13.1 Å². The summed E-state index contributed by atoms with van der Waals surface area (Å²) >= 11 is 0. The van der Waals surface area contributed by atoms with Gasteiger partial charge in [0, 0.05) is 32.2 Å². The molecule has 5 nitrogen and oxygen atoms in total. The van der Waals surface area contributed by atoms with E-state index >= 15 is 0 Å². The fraction of sp³-hybridized carbons (Fsp3) is 0.500. The maximum absolute atomic E-state index is 11.5. The Hall–Kier alpha value is -1.30. The van der Waals surface area contributed by atoms with Crippen LogP contribution in [0.3, 0.4) is 0 Å². The number of amides is 1. The quantitative estimate of drug-likeness (QED) is 0.676. The summed E-state index contributed by atoms with van der Waals surface area (Å²) in [6.45, 7) is 2.20. The molecule has 20 heavy (non-hydrogen) atoms. The van der Waals surface area contributed by atoms with E-state index in [1.165, 1.54) is 0 Å². The number of para-hydroxylation sites is 1. The Morgan fingerprint density at radius 1 is 1.25 bits per heavy atom. The third-order valence-electron chi connectivity index (χ3n) is 2.60. The van der Waals surface area contributed by atoms with E-state index in [0.29, 0.717) is 32.7 Å². The van der Waals surface area contributed by atoms with Crippen LogP contribution in [0.5, 0.6) is 5.75 Å². The van der Waals surface area contributed by atoms with Crippen LogP contribution in [0, 0.1) is 0 Å². The SMILES string of the molecule is CNCCC(=O)NCc1ccccc1OCCOC.Cl. The zero-order valence-corrected chi connectivity index (χ0v) is 12.8. The summed E-state index contributed by atoms with van der Waals surface area (Å²) in [7, 11) is 3.46. The monoisotopic (exact) mass is 302 g/mol. The Bertz CT molecular complexity index is 388. The molecule has 1 rings (SSSR count). The van der Waals surface area contributed by atoms with E-state index in [9.17, 15) is 4.79 Å². The molecule has 2 N–H and O–H groups in total. The van der Waals surface area contributed by atoms with E-state index in [2.05, 4.69) is 10.6 Å². The van der Waals surface area contributed by atoms with Gasteiger partial charge in [-0.1, -0.05) is 18.2 Å². The van der Waals surface area contributed by atoms with E-state index in [0.717, 1.165) is 11.3 Å². The lowest BCUT2D eigenvalue weighted by Gasteiger charge is -2.12. The lowest BCUT2D eigenvalue weighted by Crippen LogP contribution is -2.26. The highest BCUT2D eigenvalue weighted by Gasteiger charge is 2.05. The van der Waals surface area contributed by atoms with Crippen LogP contribution in [-0.4, -0.2) is 39.8 Å². The van der Waals surface area contributed by atoms with E-state index in [-0.39, 0.29) is 18.3 Å². The number of benzene rings is 1. The maximum Gasteiger partial charge on any atom is 0.221 e. The van der Waals surface area contributed by atoms with Gasteiger partial charge in [0.15, 0.2) is 0 Å². The molecule has 0 unspecified atom stereocenters. The molecule has 1 aromatic rings. The number of nitrogens with one attached hydrogen (secondary N) is 2. The van der Waals surface area contributed by atoms with Crippen molar-refractivity contribution >= 4 is 18.3 Å². The van der Waals surface area contributed by atoms with Crippen molar-refractivity contribution < 1.29 is 14.3 Å². The Balaban J connectivity index is 0.00000361. The minimum absolute atomic E-state index is 0. The minimum Gasteiger partial charge on any atom is -0.491 e. The molecule has 1 aromatic carbocycles. The van der Waals surface area contributed by atoms with Crippen molar-refractivity contribution in [3.63, 3.8) is 0 Å². The molecule has 0 spiro atoms. The second-order valence-electron chi connectivity index (χ2n) is 4.08. The standard InChI is InChI=1S/C14H22N2O3.ClH/c1-15-8-7-14(17)16-11-12-5-3-4-6-13(12)19-10-9-18-2;/h3-6,15H,7-11H2,1-2H3,(H,16,17);1H. The van der Waals surface area contributed by atoms with Gasteiger partial charge in [0.25, 0.3) is 0 Å². The molecule has 0 saturated carbocycles. The van der Waals surface area contributed by atoms with Crippen LogP contribution < -0.4 is 15.4 Å². The van der Waals surface area contributed by atoms with Crippen molar-refractivity contribution in [2.45, 2.75) is 13.0 Å². The van der Waals surface area contributed by atoms with Crippen LogP contribution in [0.4, 0.5) is 0 Å². The molecular formula is C14H23ClN2O3. The largest absolute Gasteiger partial charge is 0.491 e. The van der Waals surface area contributed by atoms with E-state index < -0.39 is 0 Å². The summed E-state index contributed by atoms with van der Waals surface area (Å²) in [5.41, 5.74) is 0.969. The van der Waals surface area contributed by atoms with Gasteiger partial charge in [0.1, 0.15) is 12.4 Å². The van der Waals surface area contributed by atoms with Crippen molar-refractivity contribution in [3.8, 4) is 5.75 Å². The van der Waals surface area contributed by atoms with E-state index in [1.54, 1.807) is 7.11 Å². The zero-order chi connectivity index (χ0) is 13.9. The third kappa shape index (κ3) is 7.33. The summed E-state index contributed by atoms with van der Waals surface area (Å²) < 4.78 is 10.5. The average Bonchev–Trinajstić information content (AvgIpc) is 2.44. The van der Waals surface area contributed by atoms with Crippen molar-refractivity contribution in [3.05, 3.63) is 29.8 Å². The molecule has 0 aliphatic carbocycles. The number of rotatable bonds is 9. The summed E-state index contributed by atoms with van der Waals surface area (Å²) in [6.07, 6.45) is 0.475. The zero-order valence-electron chi connectivity index (χ0n) is 12.0. The second-order valence-corrected chi connectivity index (χ2v) is 4.08. The molecule has 114 valence electrons. The van der Waals surface area contributed by atoms with Gasteiger partial charge >= 0.3 is 0 Å². The Morgan fingerprint density at radius 3 is 2.70 bits per heavy atom. The molecule has 0 aromatic heterocycles. The van der Waals surface area contributed by atoms with Crippen molar-refractivity contribution in [2.24, 2.45) is 0 Å². The van der Waals surface area contributed by atoms with E-state index in [4.69, 9.17) is 9.47 Å². The number of hydrogen-bond acceptors (Lipinski definition) is 4. The summed E-state index contributed by atoms with van der Waals surface area (Å²) in [6, 6.07) is 7.68. The fourth-order valence-electron chi connectivity index (χ4n) is 1.55. The van der Waals surface area contributed by atoms with Crippen molar-refractivity contribution in [1.29, 1.82) is 0 Å². The predicted molar refractivity (Wildman–Crippen MR) is 81.5 cm³/mol. The molecule has 0 bridgehead atoms. The molecule has 0 radical (unpaired) electrons. The topological polar surface area (TPSA) is 59.6 Å². The highest BCUT2D eigenvalue weighted by molar-refractivity contribution is 5.85. The minimum atomic E-state index is 0. The number of halogens is 1. The molecule has 1 amide bonds. The number of ether oxygens (including phenoxy) is 2. The van der Waals surface area contributed by atoms with E-state index in [1.807, 2.05) is 31.3 Å². The Kier molecular flexibility index (Phi) is 10.8. The average molecular weight is 303 g/mol. The normalized spacial score (nSPS) is 9.70. The van der Waals surface area contributed by atoms with Crippen molar-refractivity contribution in [2.75, 3.05) is 33.9 Å². The lowest BCUT2D eigenvalue weighted by molar-refractivity contribution is -0.121. The summed E-state index contributed by atoms with van der Waals surface area (Å²) in [5, 5.41) is 5.82. The fourth-order valence-corrected chi connectivity index (χ4v) is 1.55. The van der Waals surface area contributed by atoms with Gasteiger partial charge in [-0.2, -0.15) is 0 Å². The Morgan fingerprint density at radius 2 is 2.00 bits per heavy atom. The number of hydrogen-bond donors (Lipinski definition) is 2. The van der Waals surface area contributed by atoms with Gasteiger partial charge in [-0.25, -0.2) is 0 Å². The van der Waals surface area contributed by atoms with Crippen LogP contribution in [-0.2, 0) is 16.1 Å². The van der Waals surface area contributed by atoms with Gasteiger partial charge in [0.05, 0.1) is 6.61 Å². The predicted octanol–water partition coefficient (Wildman–Crippen LogP) is 1.36. The smallest absolute Gasteiger partial charge is 0.221 e. The van der Waals surface area contributed by atoms with Crippen molar-refractivity contribution in [1.82, 2.24) is 10.6 Å². The molecule has 6 heteroatoms. The number of carbonyl (C=O) groups excluding carboxylic acids is 1. The van der Waals surface area contributed by atoms with Gasteiger partial charge in [-0.15, -0.1) is 12.4 Å². The second kappa shape index (κ2) is 11.5. The van der Waals surface area contributed by atoms with Gasteiger partial charge in [0.2, 0.25) is 5.91 Å². The van der Waals surface area contributed by atoms with Crippen LogP contribution in [0.15, 0.2) is 24.3 Å². The number of methoxy groups -OCH3 is 1. The highest BCUT2D eigenvalue weighted by Crippen LogP contribution is 2.17. The lowest BCUT2D eigenvalue weighted by atomic mass is 10.2. The summed E-state index contributed by atoms with van der Waals surface area (Å²) in [5.74, 6) is 0.814. The molecule has 0 aliphatic heterocycles. The third-order valence-corrected chi connectivity index (χ3v) is 2.60. The maximum atomic E-state index is 11.5. The molecule has 0 heterocycles. The van der Waals surface area contributed by atoms with Gasteiger partial charge in [-0.3, -0.25) is 4.79 Å². The first kappa shape index (κ1) is 18.7. The van der Waals surface area contributed by atoms with Crippen LogP contribution in [0.25, 0.3) is 0 Å². The molecule has 0 fully saturated rings.